The summed E-state index contributed by atoms with van der Waals surface area (Å²) in [4.78, 5) is 26.1. The van der Waals surface area contributed by atoms with Gasteiger partial charge in [0.15, 0.2) is 11.0 Å². The Morgan fingerprint density at radius 2 is 2.14 bits per heavy atom. The molecule has 0 aliphatic carbocycles. The summed E-state index contributed by atoms with van der Waals surface area (Å²) in [5.41, 5.74) is 0.962. The molecule has 2 heterocycles. The first-order valence-corrected chi connectivity index (χ1v) is 10.9. The van der Waals surface area contributed by atoms with Gasteiger partial charge in [0.2, 0.25) is 5.91 Å². The Bertz CT molecular complexity index is 841. The lowest BCUT2D eigenvalue weighted by Crippen LogP contribution is -2.45. The van der Waals surface area contributed by atoms with Crippen LogP contribution in [0.5, 0.6) is 0 Å². The van der Waals surface area contributed by atoms with Crippen molar-refractivity contribution in [3.63, 3.8) is 0 Å². The highest BCUT2D eigenvalue weighted by atomic mass is 32.2. The Balaban J connectivity index is 1.67. The zero-order chi connectivity index (χ0) is 19.9. The smallest absolute Gasteiger partial charge is 0.320 e. The number of nitrogens with zero attached hydrogens (tertiary/aromatic N) is 4. The number of carbonyl (C=O) groups excluding carboxylic acids is 2. The molecule has 0 bridgehead atoms. The number of hydrogen-bond donors (Lipinski definition) is 0. The van der Waals surface area contributed by atoms with Crippen LogP contribution in [0.2, 0.25) is 0 Å². The summed E-state index contributed by atoms with van der Waals surface area (Å²) in [7, 11) is 1.37. The van der Waals surface area contributed by atoms with E-state index in [-0.39, 0.29) is 22.9 Å². The van der Waals surface area contributed by atoms with E-state index >= 15 is 0 Å². The van der Waals surface area contributed by atoms with Crippen LogP contribution < -0.4 is 0 Å². The molecule has 0 N–H and O–H groups in total. The van der Waals surface area contributed by atoms with Gasteiger partial charge < -0.3 is 9.64 Å². The number of thioether (sulfide) groups is 2. The van der Waals surface area contributed by atoms with E-state index in [1.807, 2.05) is 34.9 Å². The van der Waals surface area contributed by atoms with E-state index in [4.69, 9.17) is 4.74 Å². The quantitative estimate of drug-likeness (QED) is 0.388. The van der Waals surface area contributed by atoms with E-state index < -0.39 is 0 Å². The lowest BCUT2D eigenvalue weighted by Gasteiger charge is -2.30. The number of rotatable bonds is 7. The second-order valence-corrected chi connectivity index (χ2v) is 8.34. The SMILES string of the molecule is C=CCn1c(SCC(=O)N2CCS[C@@H](C(=O)OC)C2)nnc1-c1ccccc1. The monoisotopic (exact) mass is 418 g/mol. The number of methoxy groups -OCH3 is 1. The molecule has 148 valence electrons. The van der Waals surface area contributed by atoms with Crippen molar-refractivity contribution >= 4 is 35.4 Å². The van der Waals surface area contributed by atoms with Gasteiger partial charge in [0.25, 0.3) is 0 Å². The number of esters is 1. The molecule has 1 atom stereocenters. The van der Waals surface area contributed by atoms with Gasteiger partial charge in [0.1, 0.15) is 5.25 Å². The van der Waals surface area contributed by atoms with Crippen LogP contribution in [0.1, 0.15) is 0 Å². The minimum Gasteiger partial charge on any atom is -0.468 e. The summed E-state index contributed by atoms with van der Waals surface area (Å²) in [6, 6.07) is 9.79. The highest BCUT2D eigenvalue weighted by Gasteiger charge is 2.29. The summed E-state index contributed by atoms with van der Waals surface area (Å²) < 4.78 is 6.75. The van der Waals surface area contributed by atoms with Crippen molar-refractivity contribution in [3.8, 4) is 11.4 Å². The van der Waals surface area contributed by atoms with Crippen LogP contribution >= 0.6 is 23.5 Å². The van der Waals surface area contributed by atoms with Crippen molar-refractivity contribution in [1.29, 1.82) is 0 Å². The van der Waals surface area contributed by atoms with Gasteiger partial charge in [-0.25, -0.2) is 0 Å². The Hall–Kier alpha value is -2.26. The van der Waals surface area contributed by atoms with Gasteiger partial charge in [-0.1, -0.05) is 48.2 Å². The minimum atomic E-state index is -0.318. The number of benzene rings is 1. The van der Waals surface area contributed by atoms with Crippen molar-refractivity contribution in [1.82, 2.24) is 19.7 Å². The van der Waals surface area contributed by atoms with Crippen LogP contribution in [-0.4, -0.2) is 68.5 Å². The average Bonchev–Trinajstić information content (AvgIpc) is 3.15. The molecule has 3 rings (SSSR count). The van der Waals surface area contributed by atoms with Crippen LogP contribution in [0.3, 0.4) is 0 Å². The van der Waals surface area contributed by atoms with E-state index in [1.165, 1.54) is 30.6 Å². The van der Waals surface area contributed by atoms with Crippen molar-refractivity contribution < 1.29 is 14.3 Å². The number of amides is 1. The molecule has 1 aliphatic heterocycles. The van der Waals surface area contributed by atoms with Crippen LogP contribution in [0.15, 0.2) is 48.1 Å². The summed E-state index contributed by atoms with van der Waals surface area (Å²) in [6.07, 6.45) is 1.78. The number of hydrogen-bond acceptors (Lipinski definition) is 7. The Morgan fingerprint density at radius 3 is 2.86 bits per heavy atom. The zero-order valence-corrected chi connectivity index (χ0v) is 17.2. The third-order valence-corrected chi connectivity index (χ3v) is 6.38. The van der Waals surface area contributed by atoms with Crippen LogP contribution in [-0.2, 0) is 20.9 Å². The van der Waals surface area contributed by atoms with Gasteiger partial charge in [-0.15, -0.1) is 28.5 Å². The van der Waals surface area contributed by atoms with Crippen molar-refractivity contribution in [2.24, 2.45) is 0 Å². The fourth-order valence-electron chi connectivity index (χ4n) is 2.86. The summed E-state index contributed by atoms with van der Waals surface area (Å²) in [6.45, 7) is 5.37. The van der Waals surface area contributed by atoms with Gasteiger partial charge in [-0.2, -0.15) is 0 Å². The Labute approximate surface area is 172 Å². The molecule has 1 aromatic heterocycles. The maximum absolute atomic E-state index is 12.6. The number of ether oxygens (including phenoxy) is 1. The van der Waals surface area contributed by atoms with Crippen molar-refractivity contribution in [2.75, 3.05) is 31.7 Å². The molecule has 28 heavy (non-hydrogen) atoms. The highest BCUT2D eigenvalue weighted by Crippen LogP contribution is 2.25. The highest BCUT2D eigenvalue weighted by molar-refractivity contribution is 8.00. The van der Waals surface area contributed by atoms with E-state index in [2.05, 4.69) is 16.8 Å². The molecule has 1 amide bonds. The molecule has 0 radical (unpaired) electrons. The maximum Gasteiger partial charge on any atom is 0.320 e. The van der Waals surface area contributed by atoms with Crippen molar-refractivity contribution in [2.45, 2.75) is 17.0 Å². The molecule has 0 saturated carbocycles. The predicted molar refractivity (Wildman–Crippen MR) is 111 cm³/mol. The minimum absolute atomic E-state index is 0.0198. The molecular formula is C19H22N4O3S2. The van der Waals surface area contributed by atoms with Crippen LogP contribution in [0, 0.1) is 0 Å². The molecule has 1 aromatic carbocycles. The van der Waals surface area contributed by atoms with E-state index in [0.717, 1.165) is 17.1 Å². The second-order valence-electron chi connectivity index (χ2n) is 6.08. The molecule has 1 fully saturated rings. The van der Waals surface area contributed by atoms with Gasteiger partial charge in [-0.05, 0) is 0 Å². The topological polar surface area (TPSA) is 77.3 Å². The van der Waals surface area contributed by atoms with E-state index in [0.29, 0.717) is 24.8 Å². The van der Waals surface area contributed by atoms with Crippen LogP contribution in [0.4, 0.5) is 0 Å². The van der Waals surface area contributed by atoms with Gasteiger partial charge in [0, 0.05) is 31.0 Å². The molecular weight excluding hydrogens is 396 g/mol. The molecule has 0 spiro atoms. The number of aromatic nitrogens is 3. The van der Waals surface area contributed by atoms with Crippen molar-refractivity contribution in [3.05, 3.63) is 43.0 Å². The second kappa shape index (κ2) is 9.79. The summed E-state index contributed by atoms with van der Waals surface area (Å²) in [5, 5.41) is 8.91. The molecule has 1 saturated heterocycles. The first-order valence-electron chi connectivity index (χ1n) is 8.83. The molecule has 1 aliphatic rings. The zero-order valence-electron chi connectivity index (χ0n) is 15.6. The molecule has 9 heteroatoms. The Morgan fingerprint density at radius 1 is 1.36 bits per heavy atom. The lowest BCUT2D eigenvalue weighted by atomic mass is 10.2. The first-order chi connectivity index (χ1) is 13.6. The average molecular weight is 419 g/mol. The number of carbonyl (C=O) groups is 2. The standard InChI is InChI=1S/C19H22N4O3S2/c1-3-9-23-17(14-7-5-4-6-8-14)20-21-19(23)28-13-16(24)22-10-11-27-15(12-22)18(25)26-2/h3-8,15H,1,9-13H2,2H3/t15-/m1/s1. The normalized spacial score (nSPS) is 16.6. The van der Waals surface area contributed by atoms with Gasteiger partial charge >= 0.3 is 5.97 Å². The predicted octanol–water partition coefficient (Wildman–Crippen LogP) is 2.34. The fourth-order valence-corrected chi connectivity index (χ4v) is 4.84. The Kier molecular flexibility index (Phi) is 7.16. The van der Waals surface area contributed by atoms with Gasteiger partial charge in [-0.3, -0.25) is 14.2 Å². The number of allylic oxidation sites excluding steroid dienone is 1. The maximum atomic E-state index is 12.6. The third kappa shape index (κ3) is 4.77. The van der Waals surface area contributed by atoms with Gasteiger partial charge in [0.05, 0.1) is 12.9 Å². The molecule has 7 nitrogen and oxygen atoms in total. The fraction of sp³-hybridized carbons (Fsp3) is 0.368. The van der Waals surface area contributed by atoms with E-state index in [9.17, 15) is 9.59 Å². The molecule has 2 aromatic rings. The third-order valence-electron chi connectivity index (χ3n) is 4.27. The first kappa shape index (κ1) is 20.5. The van der Waals surface area contributed by atoms with Crippen LogP contribution in [0.25, 0.3) is 11.4 Å². The summed E-state index contributed by atoms with van der Waals surface area (Å²) >= 11 is 2.88. The largest absolute Gasteiger partial charge is 0.468 e. The lowest BCUT2D eigenvalue weighted by molar-refractivity contribution is -0.141. The van der Waals surface area contributed by atoms with E-state index in [1.54, 1.807) is 11.0 Å². The molecule has 0 unspecified atom stereocenters. The summed E-state index contributed by atoms with van der Waals surface area (Å²) in [5.74, 6) is 1.40.